The summed E-state index contributed by atoms with van der Waals surface area (Å²) in [6.45, 7) is 0.444. The highest BCUT2D eigenvalue weighted by Crippen LogP contribution is 2.36. The Bertz CT molecular complexity index is 314. The Hall–Kier alpha value is -0.850. The summed E-state index contributed by atoms with van der Waals surface area (Å²) in [6.07, 6.45) is -0.0676. The highest BCUT2D eigenvalue weighted by molar-refractivity contribution is 7.16. The van der Waals surface area contributed by atoms with Crippen molar-refractivity contribution in [1.82, 2.24) is 4.98 Å². The van der Waals surface area contributed by atoms with E-state index in [-0.39, 0.29) is 0 Å². The van der Waals surface area contributed by atoms with Crippen molar-refractivity contribution in [2.45, 2.75) is 12.5 Å². The first-order valence-electron chi connectivity index (χ1n) is 4.70. The van der Waals surface area contributed by atoms with E-state index in [1.807, 2.05) is 19.0 Å². The number of nitrogens with zero attached hydrogens (tertiary/aromatic N) is 2. The monoisotopic (exact) mass is 231 g/mol. The van der Waals surface area contributed by atoms with Gasteiger partial charge < -0.3 is 20.5 Å². The molecule has 0 amide bonds. The average Bonchev–Trinajstić information content (AvgIpc) is 2.61. The van der Waals surface area contributed by atoms with Gasteiger partial charge in [-0.25, -0.2) is 0 Å². The zero-order valence-corrected chi connectivity index (χ0v) is 10.0. The second kappa shape index (κ2) is 5.29. The first-order chi connectivity index (χ1) is 7.10. The lowest BCUT2D eigenvalue weighted by atomic mass is 10.2. The quantitative estimate of drug-likeness (QED) is 0.776. The van der Waals surface area contributed by atoms with E-state index in [0.29, 0.717) is 18.8 Å². The SMILES string of the molecule is COc1nc(N(C)C)sc1[C@H](O)CCN. The molecular weight excluding hydrogens is 214 g/mol. The Morgan fingerprint density at radius 3 is 2.73 bits per heavy atom. The molecule has 15 heavy (non-hydrogen) atoms. The molecule has 1 aromatic rings. The van der Waals surface area contributed by atoms with Gasteiger partial charge >= 0.3 is 0 Å². The minimum atomic E-state index is -0.587. The molecule has 1 heterocycles. The number of aliphatic hydroxyl groups is 1. The van der Waals surface area contributed by atoms with Gasteiger partial charge in [0.1, 0.15) is 0 Å². The van der Waals surface area contributed by atoms with E-state index in [2.05, 4.69) is 4.98 Å². The molecule has 0 saturated heterocycles. The highest BCUT2D eigenvalue weighted by Gasteiger charge is 2.19. The van der Waals surface area contributed by atoms with Gasteiger partial charge in [0.25, 0.3) is 0 Å². The zero-order valence-electron chi connectivity index (χ0n) is 9.23. The second-order valence-corrected chi connectivity index (χ2v) is 4.37. The summed E-state index contributed by atoms with van der Waals surface area (Å²) >= 11 is 1.42. The first kappa shape index (κ1) is 12.2. The van der Waals surface area contributed by atoms with E-state index in [1.54, 1.807) is 7.11 Å². The van der Waals surface area contributed by atoms with Crippen LogP contribution in [0.25, 0.3) is 0 Å². The first-order valence-corrected chi connectivity index (χ1v) is 5.52. The lowest BCUT2D eigenvalue weighted by Gasteiger charge is -2.07. The van der Waals surface area contributed by atoms with Crippen molar-refractivity contribution in [2.75, 3.05) is 32.6 Å². The molecule has 0 aliphatic carbocycles. The Labute approximate surface area is 93.5 Å². The average molecular weight is 231 g/mol. The number of thiazole rings is 1. The van der Waals surface area contributed by atoms with Crippen molar-refractivity contribution >= 4 is 16.5 Å². The van der Waals surface area contributed by atoms with Gasteiger partial charge in [-0.05, 0) is 13.0 Å². The third kappa shape index (κ3) is 2.80. The van der Waals surface area contributed by atoms with E-state index in [9.17, 15) is 5.11 Å². The maximum absolute atomic E-state index is 9.82. The number of ether oxygens (including phenoxy) is 1. The largest absolute Gasteiger partial charge is 0.480 e. The van der Waals surface area contributed by atoms with Gasteiger partial charge in [0.15, 0.2) is 5.13 Å². The number of rotatable bonds is 5. The van der Waals surface area contributed by atoms with Gasteiger partial charge in [-0.15, -0.1) is 0 Å². The summed E-state index contributed by atoms with van der Waals surface area (Å²) in [4.78, 5) is 6.88. The van der Waals surface area contributed by atoms with Gasteiger partial charge in [-0.1, -0.05) is 11.3 Å². The summed E-state index contributed by atoms with van der Waals surface area (Å²) in [5.41, 5.74) is 5.40. The van der Waals surface area contributed by atoms with Gasteiger partial charge in [-0.2, -0.15) is 4.98 Å². The molecule has 0 aromatic carbocycles. The Morgan fingerprint density at radius 2 is 2.27 bits per heavy atom. The Kier molecular flexibility index (Phi) is 4.31. The van der Waals surface area contributed by atoms with Crippen molar-refractivity contribution in [2.24, 2.45) is 5.73 Å². The fourth-order valence-corrected chi connectivity index (χ4v) is 2.12. The predicted octanol–water partition coefficient (Wildman–Crippen LogP) is 0.600. The van der Waals surface area contributed by atoms with Crippen molar-refractivity contribution in [3.63, 3.8) is 0 Å². The molecule has 1 atom stereocenters. The number of methoxy groups -OCH3 is 1. The standard InChI is InChI=1S/C9H17N3O2S/c1-12(2)9-11-8(14-3)7(15-9)6(13)4-5-10/h6,13H,4-5,10H2,1-3H3/t6-/m1/s1. The smallest absolute Gasteiger partial charge is 0.232 e. The van der Waals surface area contributed by atoms with Crippen molar-refractivity contribution in [3.05, 3.63) is 4.88 Å². The van der Waals surface area contributed by atoms with Gasteiger partial charge in [0.05, 0.1) is 18.1 Å². The number of nitrogens with two attached hydrogens (primary N) is 1. The van der Waals surface area contributed by atoms with Crippen LogP contribution in [-0.4, -0.2) is 37.8 Å². The number of aliphatic hydroxyl groups excluding tert-OH is 1. The molecular formula is C9H17N3O2S. The normalized spacial score (nSPS) is 12.6. The van der Waals surface area contributed by atoms with Crippen LogP contribution in [0.3, 0.4) is 0 Å². The molecule has 1 rings (SSSR count). The summed E-state index contributed by atoms with van der Waals surface area (Å²) in [6, 6.07) is 0. The number of hydrogen-bond acceptors (Lipinski definition) is 6. The van der Waals surface area contributed by atoms with Gasteiger partial charge in [0, 0.05) is 14.1 Å². The van der Waals surface area contributed by atoms with Crippen LogP contribution in [0, 0.1) is 0 Å². The molecule has 0 spiro atoms. The third-order valence-electron chi connectivity index (χ3n) is 1.93. The fourth-order valence-electron chi connectivity index (χ4n) is 1.14. The molecule has 0 unspecified atom stereocenters. The van der Waals surface area contributed by atoms with Crippen LogP contribution in [0.5, 0.6) is 5.88 Å². The molecule has 0 saturated carbocycles. The molecule has 0 aliphatic rings. The molecule has 5 nitrogen and oxygen atoms in total. The van der Waals surface area contributed by atoms with Crippen molar-refractivity contribution < 1.29 is 9.84 Å². The fraction of sp³-hybridized carbons (Fsp3) is 0.667. The maximum atomic E-state index is 9.82. The van der Waals surface area contributed by atoms with Crippen LogP contribution >= 0.6 is 11.3 Å². The summed E-state index contributed by atoms with van der Waals surface area (Å²) in [5.74, 6) is 0.490. The van der Waals surface area contributed by atoms with Crippen LogP contribution in [0.15, 0.2) is 0 Å². The summed E-state index contributed by atoms with van der Waals surface area (Å²) < 4.78 is 5.12. The summed E-state index contributed by atoms with van der Waals surface area (Å²) in [5, 5.41) is 10.6. The van der Waals surface area contributed by atoms with Crippen LogP contribution in [0.1, 0.15) is 17.4 Å². The van der Waals surface area contributed by atoms with Crippen LogP contribution in [0.2, 0.25) is 0 Å². The molecule has 1 aromatic heterocycles. The van der Waals surface area contributed by atoms with Crippen LogP contribution in [0.4, 0.5) is 5.13 Å². The molecule has 0 bridgehead atoms. The van der Waals surface area contributed by atoms with Crippen LogP contribution < -0.4 is 15.4 Å². The Balaban J connectivity index is 2.94. The number of anilines is 1. The minimum Gasteiger partial charge on any atom is -0.480 e. The van der Waals surface area contributed by atoms with E-state index in [4.69, 9.17) is 10.5 Å². The van der Waals surface area contributed by atoms with Crippen molar-refractivity contribution in [3.8, 4) is 5.88 Å². The molecule has 0 aliphatic heterocycles. The van der Waals surface area contributed by atoms with E-state index < -0.39 is 6.10 Å². The lowest BCUT2D eigenvalue weighted by Crippen LogP contribution is -2.07. The van der Waals surface area contributed by atoms with E-state index in [0.717, 1.165) is 10.0 Å². The maximum Gasteiger partial charge on any atom is 0.232 e. The van der Waals surface area contributed by atoms with Gasteiger partial charge in [0.2, 0.25) is 5.88 Å². The predicted molar refractivity (Wildman–Crippen MR) is 61.6 cm³/mol. The Morgan fingerprint density at radius 1 is 1.60 bits per heavy atom. The zero-order chi connectivity index (χ0) is 11.4. The third-order valence-corrected chi connectivity index (χ3v) is 3.23. The summed E-state index contributed by atoms with van der Waals surface area (Å²) in [7, 11) is 5.35. The second-order valence-electron chi connectivity index (χ2n) is 3.36. The minimum absolute atomic E-state index is 0.444. The number of aromatic nitrogens is 1. The number of hydrogen-bond donors (Lipinski definition) is 2. The van der Waals surface area contributed by atoms with Crippen LogP contribution in [-0.2, 0) is 0 Å². The van der Waals surface area contributed by atoms with E-state index in [1.165, 1.54) is 11.3 Å². The topological polar surface area (TPSA) is 71.6 Å². The molecule has 3 N–H and O–H groups in total. The lowest BCUT2D eigenvalue weighted by molar-refractivity contribution is 0.169. The molecule has 0 radical (unpaired) electrons. The molecule has 86 valence electrons. The van der Waals surface area contributed by atoms with Crippen molar-refractivity contribution in [1.29, 1.82) is 0 Å². The van der Waals surface area contributed by atoms with E-state index >= 15 is 0 Å². The van der Waals surface area contributed by atoms with Gasteiger partial charge in [-0.3, -0.25) is 0 Å². The highest BCUT2D eigenvalue weighted by atomic mass is 32.1. The molecule has 6 heteroatoms. The molecule has 0 fully saturated rings.